The summed E-state index contributed by atoms with van der Waals surface area (Å²) in [5.74, 6) is -0.750. The van der Waals surface area contributed by atoms with Crippen LogP contribution < -0.4 is 5.46 Å². The lowest BCUT2D eigenvalue weighted by molar-refractivity contribution is -0.137. The quantitative estimate of drug-likeness (QED) is 0.648. The molecule has 0 bridgehead atoms. The minimum atomic E-state index is -4.50. The first-order chi connectivity index (χ1) is 9.27. The minimum Gasteiger partial charge on any atom is -0.423 e. The Morgan fingerprint density at radius 3 is 2.45 bits per heavy atom. The van der Waals surface area contributed by atoms with Gasteiger partial charge in [-0.1, -0.05) is 12.1 Å². The van der Waals surface area contributed by atoms with Crippen LogP contribution in [0.1, 0.15) is 11.1 Å². The van der Waals surface area contributed by atoms with Gasteiger partial charge in [0.15, 0.2) is 0 Å². The average Bonchev–Trinajstić information content (AvgIpc) is 2.80. The molecule has 0 fully saturated rings. The van der Waals surface area contributed by atoms with Crippen molar-refractivity contribution in [2.24, 2.45) is 0 Å². The standard InChI is InChI=1S/C11H9BF4N2O2/c13-10-3-9(12(19)20)2-1-7(10)5-18-6-8(4-17-18)11(14,15)16/h1-4,6,19-20H,5H2. The van der Waals surface area contributed by atoms with E-state index in [2.05, 4.69) is 5.10 Å². The Balaban J connectivity index is 2.20. The van der Waals surface area contributed by atoms with Gasteiger partial charge in [-0.3, -0.25) is 4.68 Å². The molecule has 0 amide bonds. The third-order valence-corrected chi connectivity index (χ3v) is 2.67. The molecular formula is C11H9BF4N2O2. The summed E-state index contributed by atoms with van der Waals surface area (Å²) in [6.07, 6.45) is -3.07. The summed E-state index contributed by atoms with van der Waals surface area (Å²) in [7, 11) is -1.81. The second-order valence-electron chi connectivity index (χ2n) is 4.15. The predicted molar refractivity (Wildman–Crippen MR) is 62.6 cm³/mol. The normalized spacial score (nSPS) is 11.7. The summed E-state index contributed by atoms with van der Waals surface area (Å²) in [6, 6.07) is 3.45. The molecule has 1 heterocycles. The van der Waals surface area contributed by atoms with Gasteiger partial charge in [-0.15, -0.1) is 0 Å². The second kappa shape index (κ2) is 5.26. The van der Waals surface area contributed by atoms with Crippen molar-refractivity contribution in [1.82, 2.24) is 9.78 Å². The highest BCUT2D eigenvalue weighted by Crippen LogP contribution is 2.28. The Bertz CT molecular complexity index is 613. The van der Waals surface area contributed by atoms with Gasteiger partial charge in [0.1, 0.15) is 5.82 Å². The predicted octanol–water partition coefficient (Wildman–Crippen LogP) is 0.769. The summed E-state index contributed by atoms with van der Waals surface area (Å²) in [4.78, 5) is 0. The number of hydrogen-bond donors (Lipinski definition) is 2. The maximum absolute atomic E-state index is 13.7. The van der Waals surface area contributed by atoms with Gasteiger partial charge < -0.3 is 10.0 Å². The molecular weight excluding hydrogens is 279 g/mol. The molecule has 0 aliphatic carbocycles. The van der Waals surface area contributed by atoms with Gasteiger partial charge in [0.25, 0.3) is 0 Å². The van der Waals surface area contributed by atoms with E-state index in [-0.39, 0.29) is 17.6 Å². The zero-order chi connectivity index (χ0) is 14.9. The Morgan fingerprint density at radius 1 is 1.25 bits per heavy atom. The van der Waals surface area contributed by atoms with Crippen LogP contribution in [0.2, 0.25) is 0 Å². The molecule has 2 N–H and O–H groups in total. The lowest BCUT2D eigenvalue weighted by Gasteiger charge is -2.06. The summed E-state index contributed by atoms with van der Waals surface area (Å²) < 4.78 is 51.7. The molecule has 0 unspecified atom stereocenters. The lowest BCUT2D eigenvalue weighted by Crippen LogP contribution is -2.30. The van der Waals surface area contributed by atoms with Gasteiger partial charge in [0.05, 0.1) is 18.3 Å². The molecule has 0 atom stereocenters. The summed E-state index contributed by atoms with van der Waals surface area (Å²) in [5, 5.41) is 21.2. The summed E-state index contributed by atoms with van der Waals surface area (Å²) >= 11 is 0. The van der Waals surface area contributed by atoms with E-state index >= 15 is 0 Å². The summed E-state index contributed by atoms with van der Waals surface area (Å²) in [5.41, 5.74) is -0.866. The fraction of sp³-hybridized carbons (Fsp3) is 0.182. The topological polar surface area (TPSA) is 58.3 Å². The zero-order valence-corrected chi connectivity index (χ0v) is 9.97. The van der Waals surface area contributed by atoms with Gasteiger partial charge in [0, 0.05) is 11.8 Å². The highest BCUT2D eigenvalue weighted by atomic mass is 19.4. The lowest BCUT2D eigenvalue weighted by atomic mass is 9.80. The Morgan fingerprint density at radius 2 is 1.95 bits per heavy atom. The molecule has 4 nitrogen and oxygen atoms in total. The monoisotopic (exact) mass is 288 g/mol. The molecule has 0 saturated carbocycles. The van der Waals surface area contributed by atoms with Crippen molar-refractivity contribution in [1.29, 1.82) is 0 Å². The number of hydrogen-bond acceptors (Lipinski definition) is 3. The van der Waals surface area contributed by atoms with Gasteiger partial charge in [-0.05, 0) is 11.5 Å². The van der Waals surface area contributed by atoms with Crippen LogP contribution in [0, 0.1) is 5.82 Å². The second-order valence-corrected chi connectivity index (χ2v) is 4.15. The van der Waals surface area contributed by atoms with E-state index in [1.54, 1.807) is 0 Å². The van der Waals surface area contributed by atoms with E-state index in [0.717, 1.165) is 16.9 Å². The molecule has 1 aromatic heterocycles. The third kappa shape index (κ3) is 3.17. The van der Waals surface area contributed by atoms with Crippen LogP contribution in [0.5, 0.6) is 0 Å². The van der Waals surface area contributed by atoms with Crippen molar-refractivity contribution in [2.75, 3.05) is 0 Å². The first-order valence-electron chi connectivity index (χ1n) is 5.51. The van der Waals surface area contributed by atoms with E-state index in [1.807, 2.05) is 0 Å². The molecule has 9 heteroatoms. The summed E-state index contributed by atoms with van der Waals surface area (Å²) in [6.45, 7) is -0.191. The van der Waals surface area contributed by atoms with Crippen LogP contribution in [0.3, 0.4) is 0 Å². The number of rotatable bonds is 3. The number of alkyl halides is 3. The molecule has 106 valence electrons. The number of halogens is 4. The molecule has 0 aliphatic rings. The Hall–Kier alpha value is -1.87. The van der Waals surface area contributed by atoms with E-state index in [9.17, 15) is 17.6 Å². The molecule has 2 rings (SSSR count). The number of aromatic nitrogens is 2. The van der Waals surface area contributed by atoms with Crippen molar-refractivity contribution in [3.63, 3.8) is 0 Å². The fourth-order valence-corrected chi connectivity index (χ4v) is 1.62. The first-order valence-corrected chi connectivity index (χ1v) is 5.51. The van der Waals surface area contributed by atoms with Gasteiger partial charge in [-0.25, -0.2) is 4.39 Å². The molecule has 2 aromatic rings. The molecule has 0 radical (unpaired) electrons. The van der Waals surface area contributed by atoms with Crippen LogP contribution in [-0.2, 0) is 12.7 Å². The van der Waals surface area contributed by atoms with E-state index in [0.29, 0.717) is 6.20 Å². The Kier molecular flexibility index (Phi) is 3.82. The van der Waals surface area contributed by atoms with E-state index in [4.69, 9.17) is 10.0 Å². The average molecular weight is 288 g/mol. The largest absolute Gasteiger partial charge is 0.488 e. The molecule has 0 aliphatic heterocycles. The third-order valence-electron chi connectivity index (χ3n) is 2.67. The van der Waals surface area contributed by atoms with E-state index < -0.39 is 24.7 Å². The van der Waals surface area contributed by atoms with Crippen molar-refractivity contribution < 1.29 is 27.6 Å². The van der Waals surface area contributed by atoms with Crippen LogP contribution in [0.4, 0.5) is 17.6 Å². The molecule has 1 aromatic carbocycles. The van der Waals surface area contributed by atoms with Crippen LogP contribution in [0.15, 0.2) is 30.6 Å². The van der Waals surface area contributed by atoms with Crippen molar-refractivity contribution >= 4 is 12.6 Å². The van der Waals surface area contributed by atoms with Gasteiger partial charge in [-0.2, -0.15) is 18.3 Å². The number of benzene rings is 1. The minimum absolute atomic E-state index is 0.0392. The van der Waals surface area contributed by atoms with Crippen LogP contribution >= 0.6 is 0 Å². The fourth-order valence-electron chi connectivity index (χ4n) is 1.62. The van der Waals surface area contributed by atoms with Gasteiger partial charge >= 0.3 is 13.3 Å². The Labute approximate surface area is 111 Å². The zero-order valence-electron chi connectivity index (χ0n) is 9.97. The number of nitrogens with zero attached hydrogens (tertiary/aromatic N) is 2. The van der Waals surface area contributed by atoms with Crippen LogP contribution in [-0.4, -0.2) is 26.9 Å². The van der Waals surface area contributed by atoms with Crippen molar-refractivity contribution in [3.8, 4) is 0 Å². The van der Waals surface area contributed by atoms with Gasteiger partial charge in [0.2, 0.25) is 0 Å². The molecule has 0 saturated heterocycles. The van der Waals surface area contributed by atoms with Crippen LogP contribution in [0.25, 0.3) is 0 Å². The molecule has 20 heavy (non-hydrogen) atoms. The highest BCUT2D eigenvalue weighted by Gasteiger charge is 2.32. The highest BCUT2D eigenvalue weighted by molar-refractivity contribution is 6.58. The smallest absolute Gasteiger partial charge is 0.423 e. The first kappa shape index (κ1) is 14.5. The van der Waals surface area contributed by atoms with E-state index in [1.165, 1.54) is 12.1 Å². The maximum atomic E-state index is 13.7. The maximum Gasteiger partial charge on any atom is 0.488 e. The van der Waals surface area contributed by atoms with Crippen molar-refractivity contribution in [2.45, 2.75) is 12.7 Å². The molecule has 0 spiro atoms. The van der Waals surface area contributed by atoms with Crippen molar-refractivity contribution in [3.05, 3.63) is 47.5 Å². The SMILES string of the molecule is OB(O)c1ccc(Cn2cc(C(F)(F)F)cn2)c(F)c1.